The summed E-state index contributed by atoms with van der Waals surface area (Å²) in [5.74, 6) is 1.35. The molecule has 3 unspecified atom stereocenters. The van der Waals surface area contributed by atoms with Crippen molar-refractivity contribution < 1.29 is 4.21 Å². The summed E-state index contributed by atoms with van der Waals surface area (Å²) in [5, 5.41) is 12.2. The highest BCUT2D eigenvalue weighted by atomic mass is 32.2. The maximum atomic E-state index is 12.1. The molecule has 2 rings (SSSR count). The third-order valence-corrected chi connectivity index (χ3v) is 5.23. The Kier molecular flexibility index (Phi) is 4.86. The van der Waals surface area contributed by atoms with Crippen molar-refractivity contribution in [1.29, 1.82) is 5.26 Å². The molecule has 5 nitrogen and oxygen atoms in total. The van der Waals surface area contributed by atoms with Gasteiger partial charge >= 0.3 is 0 Å². The van der Waals surface area contributed by atoms with E-state index in [4.69, 9.17) is 5.26 Å². The van der Waals surface area contributed by atoms with Crippen LogP contribution in [0.4, 0.5) is 5.82 Å². The van der Waals surface area contributed by atoms with Gasteiger partial charge in [-0.25, -0.2) is 9.97 Å². The molecule has 1 fully saturated rings. The van der Waals surface area contributed by atoms with E-state index in [0.717, 1.165) is 25.7 Å². The van der Waals surface area contributed by atoms with Crippen LogP contribution in [-0.4, -0.2) is 31.2 Å². The van der Waals surface area contributed by atoms with E-state index in [1.54, 1.807) is 6.20 Å². The van der Waals surface area contributed by atoms with E-state index in [9.17, 15) is 4.21 Å². The van der Waals surface area contributed by atoms with Gasteiger partial charge in [0.2, 0.25) is 0 Å². The lowest BCUT2D eigenvalue weighted by Crippen LogP contribution is -2.40. The molecule has 0 spiro atoms. The van der Waals surface area contributed by atoms with Crippen molar-refractivity contribution in [3.8, 4) is 6.07 Å². The second kappa shape index (κ2) is 6.62. The molecule has 1 aliphatic carbocycles. The second-order valence-corrected chi connectivity index (χ2v) is 6.59. The zero-order valence-corrected chi connectivity index (χ0v) is 11.8. The molecule has 1 heterocycles. The molecular weight excluding hydrogens is 260 g/mol. The first-order chi connectivity index (χ1) is 9.24. The topological polar surface area (TPSA) is 78.7 Å². The number of nitriles is 1. The first kappa shape index (κ1) is 13.9. The first-order valence-electron chi connectivity index (χ1n) is 6.60. The van der Waals surface area contributed by atoms with Crippen LogP contribution in [0.5, 0.6) is 0 Å². The van der Waals surface area contributed by atoms with Crippen molar-refractivity contribution >= 4 is 16.6 Å². The minimum Gasteiger partial charge on any atom is -0.365 e. The van der Waals surface area contributed by atoms with E-state index in [-0.39, 0.29) is 11.3 Å². The Morgan fingerprint density at radius 2 is 2.21 bits per heavy atom. The Morgan fingerprint density at radius 3 is 2.84 bits per heavy atom. The molecule has 0 amide bonds. The number of hydrogen-bond acceptors (Lipinski definition) is 5. The van der Waals surface area contributed by atoms with Gasteiger partial charge in [-0.2, -0.15) is 5.26 Å². The summed E-state index contributed by atoms with van der Waals surface area (Å²) < 4.78 is 12.1. The van der Waals surface area contributed by atoms with Crippen LogP contribution in [0.2, 0.25) is 0 Å². The fraction of sp³-hybridized carbons (Fsp3) is 0.615. The van der Waals surface area contributed by atoms with Crippen molar-refractivity contribution in [2.24, 2.45) is 0 Å². The number of nitrogens with one attached hydrogen (secondary N) is 1. The molecule has 19 heavy (non-hydrogen) atoms. The van der Waals surface area contributed by atoms with Crippen LogP contribution in [-0.2, 0) is 10.8 Å². The third kappa shape index (κ3) is 3.51. The number of hydrogen-bond donors (Lipinski definition) is 1. The Labute approximate surface area is 115 Å². The molecule has 1 N–H and O–H groups in total. The van der Waals surface area contributed by atoms with Gasteiger partial charge in [-0.05, 0) is 12.8 Å². The third-order valence-electron chi connectivity index (χ3n) is 3.42. The van der Waals surface area contributed by atoms with Crippen molar-refractivity contribution in [3.05, 3.63) is 18.1 Å². The van der Waals surface area contributed by atoms with Crippen molar-refractivity contribution in [2.45, 2.75) is 43.9 Å². The van der Waals surface area contributed by atoms with Crippen LogP contribution in [0.3, 0.4) is 0 Å². The van der Waals surface area contributed by atoms with Gasteiger partial charge in [0.25, 0.3) is 0 Å². The van der Waals surface area contributed by atoms with Gasteiger partial charge in [0, 0.05) is 22.6 Å². The number of anilines is 1. The molecule has 1 aromatic heterocycles. The zero-order chi connectivity index (χ0) is 13.7. The molecule has 1 aliphatic rings. The molecule has 0 aliphatic heterocycles. The second-order valence-electron chi connectivity index (χ2n) is 4.64. The van der Waals surface area contributed by atoms with Crippen LogP contribution < -0.4 is 5.32 Å². The Hall–Kier alpha value is -1.48. The van der Waals surface area contributed by atoms with Crippen LogP contribution in [0.25, 0.3) is 0 Å². The van der Waals surface area contributed by atoms with Crippen molar-refractivity contribution in [3.63, 3.8) is 0 Å². The first-order valence-corrected chi connectivity index (χ1v) is 7.98. The average Bonchev–Trinajstić information content (AvgIpc) is 2.48. The number of nitrogens with zero attached hydrogens (tertiary/aromatic N) is 3. The fourth-order valence-corrected chi connectivity index (χ4v) is 3.87. The quantitative estimate of drug-likeness (QED) is 0.909. The van der Waals surface area contributed by atoms with E-state index < -0.39 is 10.8 Å². The lowest BCUT2D eigenvalue weighted by molar-refractivity contribution is 0.464. The molecule has 1 saturated carbocycles. The molecule has 0 bridgehead atoms. The molecule has 0 saturated heterocycles. The molecule has 6 heteroatoms. The summed E-state index contributed by atoms with van der Waals surface area (Å²) in [5.41, 5.74) is 0.308. The van der Waals surface area contributed by atoms with E-state index in [2.05, 4.69) is 15.3 Å². The van der Waals surface area contributed by atoms with Gasteiger partial charge in [-0.3, -0.25) is 4.21 Å². The maximum Gasteiger partial charge on any atom is 0.158 e. The largest absolute Gasteiger partial charge is 0.365 e. The highest BCUT2D eigenvalue weighted by Gasteiger charge is 2.29. The zero-order valence-electron chi connectivity index (χ0n) is 11.0. The van der Waals surface area contributed by atoms with Crippen LogP contribution >= 0.6 is 0 Å². The summed E-state index contributed by atoms with van der Waals surface area (Å²) in [6, 6.07) is 2.14. The Balaban J connectivity index is 2.06. The van der Waals surface area contributed by atoms with Crippen LogP contribution in [0.1, 0.15) is 38.3 Å². The summed E-state index contributed by atoms with van der Waals surface area (Å²) in [4.78, 5) is 8.16. The highest BCUT2D eigenvalue weighted by molar-refractivity contribution is 7.85. The van der Waals surface area contributed by atoms with Crippen molar-refractivity contribution in [2.75, 3.05) is 11.1 Å². The average molecular weight is 278 g/mol. The monoisotopic (exact) mass is 278 g/mol. The summed E-state index contributed by atoms with van der Waals surface area (Å²) in [6.45, 7) is 1.96. The maximum absolute atomic E-state index is 12.1. The molecule has 102 valence electrons. The van der Waals surface area contributed by atoms with Crippen LogP contribution in [0.15, 0.2) is 12.4 Å². The normalized spacial score (nSPS) is 24.4. The van der Waals surface area contributed by atoms with E-state index >= 15 is 0 Å². The standard InChI is InChI=1S/C13H18N4OS/c1-2-19(18)12-6-4-3-5-11(12)17-13-9-15-10(7-14)8-16-13/h8-9,11-12H,2-6H2,1H3,(H,16,17). The minimum atomic E-state index is -0.786. The van der Waals surface area contributed by atoms with Crippen molar-refractivity contribution in [1.82, 2.24) is 9.97 Å². The van der Waals surface area contributed by atoms with Gasteiger partial charge in [0.05, 0.1) is 17.6 Å². The minimum absolute atomic E-state index is 0.191. The molecule has 0 radical (unpaired) electrons. The summed E-state index contributed by atoms with van der Waals surface area (Å²) >= 11 is 0. The van der Waals surface area contributed by atoms with Gasteiger partial charge in [0.15, 0.2) is 5.69 Å². The predicted octanol–water partition coefficient (Wildman–Crippen LogP) is 1.84. The van der Waals surface area contributed by atoms with Crippen LogP contribution in [0, 0.1) is 11.3 Å². The Bertz CT molecular complexity index is 482. The van der Waals surface area contributed by atoms with Gasteiger partial charge in [-0.1, -0.05) is 19.8 Å². The van der Waals surface area contributed by atoms with Gasteiger partial charge < -0.3 is 5.32 Å². The predicted molar refractivity (Wildman–Crippen MR) is 75.1 cm³/mol. The van der Waals surface area contributed by atoms with E-state index in [0.29, 0.717) is 17.3 Å². The molecule has 3 atom stereocenters. The molecule has 0 aromatic carbocycles. The highest BCUT2D eigenvalue weighted by Crippen LogP contribution is 2.25. The van der Waals surface area contributed by atoms with E-state index in [1.165, 1.54) is 6.20 Å². The molecule has 1 aromatic rings. The SMILES string of the molecule is CCS(=O)C1CCCCC1Nc1cnc(C#N)cn1. The van der Waals surface area contributed by atoms with Gasteiger partial charge in [-0.15, -0.1) is 0 Å². The Morgan fingerprint density at radius 1 is 1.42 bits per heavy atom. The lowest BCUT2D eigenvalue weighted by atomic mass is 9.95. The fourth-order valence-electron chi connectivity index (χ4n) is 2.44. The van der Waals surface area contributed by atoms with Gasteiger partial charge in [0.1, 0.15) is 11.9 Å². The summed E-state index contributed by atoms with van der Waals surface area (Å²) in [7, 11) is -0.786. The number of rotatable bonds is 4. The smallest absolute Gasteiger partial charge is 0.158 e. The summed E-state index contributed by atoms with van der Waals surface area (Å²) in [6.07, 6.45) is 7.34. The number of aromatic nitrogens is 2. The molecular formula is C13H18N4OS. The lowest BCUT2D eigenvalue weighted by Gasteiger charge is -2.31. The van der Waals surface area contributed by atoms with E-state index in [1.807, 2.05) is 13.0 Å².